The molecule has 0 saturated heterocycles. The minimum absolute atomic E-state index is 0.257. The number of carbonyl (C=O) groups is 2. The number of rotatable bonds is 3. The van der Waals surface area contributed by atoms with Crippen molar-refractivity contribution in [1.82, 2.24) is 14.3 Å². The van der Waals surface area contributed by atoms with Gasteiger partial charge in [0.15, 0.2) is 5.82 Å². The number of halogens is 2. The van der Waals surface area contributed by atoms with Crippen LogP contribution in [0.5, 0.6) is 0 Å². The van der Waals surface area contributed by atoms with Crippen LogP contribution in [-0.4, -0.2) is 26.2 Å². The first-order valence-electron chi connectivity index (χ1n) is 7.81. The first kappa shape index (κ1) is 19.3. The molecular formula is C18H14Cl2N4O2S. The molecule has 0 aliphatic rings. The molecule has 3 rings (SSSR count). The molecule has 138 valence electrons. The van der Waals surface area contributed by atoms with E-state index in [4.69, 9.17) is 35.4 Å². The van der Waals surface area contributed by atoms with Crippen LogP contribution in [0.15, 0.2) is 42.5 Å². The Labute approximate surface area is 170 Å². The highest BCUT2D eigenvalue weighted by Crippen LogP contribution is 2.24. The van der Waals surface area contributed by atoms with Gasteiger partial charge in [0.05, 0.1) is 10.0 Å². The fourth-order valence-corrected chi connectivity index (χ4v) is 2.99. The minimum Gasteiger partial charge on any atom is -0.322 e. The Balaban J connectivity index is 1.82. The molecule has 0 aliphatic heterocycles. The molecule has 0 fully saturated rings. The largest absolute Gasteiger partial charge is 0.322 e. The molecule has 0 atom stereocenters. The quantitative estimate of drug-likeness (QED) is 0.615. The van der Waals surface area contributed by atoms with E-state index >= 15 is 0 Å². The van der Waals surface area contributed by atoms with Gasteiger partial charge in [0.1, 0.15) is 0 Å². The number of nitrogens with one attached hydrogen (secondary N) is 1. The highest BCUT2D eigenvalue weighted by molar-refractivity contribution is 7.71. The summed E-state index contributed by atoms with van der Waals surface area (Å²) < 4.78 is 3.14. The molecular weight excluding hydrogens is 407 g/mol. The monoisotopic (exact) mass is 420 g/mol. The number of aromatic nitrogens is 3. The Bertz CT molecular complexity index is 1100. The summed E-state index contributed by atoms with van der Waals surface area (Å²) in [6.07, 6.45) is 0. The van der Waals surface area contributed by atoms with Crippen LogP contribution in [-0.2, 0) is 7.05 Å². The second kappa shape index (κ2) is 7.64. The molecule has 0 saturated carbocycles. The maximum atomic E-state index is 12.3. The summed E-state index contributed by atoms with van der Waals surface area (Å²) >= 11 is 17.0. The molecule has 1 amide bonds. The molecule has 6 nitrogen and oxygen atoms in total. The first-order chi connectivity index (χ1) is 12.8. The zero-order valence-corrected chi connectivity index (χ0v) is 16.7. The molecule has 0 spiro atoms. The number of amides is 1. The summed E-state index contributed by atoms with van der Waals surface area (Å²) in [5, 5.41) is 7.73. The lowest BCUT2D eigenvalue weighted by atomic mass is 10.1. The normalized spacial score (nSPS) is 10.7. The van der Waals surface area contributed by atoms with Crippen LogP contribution in [0.25, 0.3) is 11.4 Å². The smallest absolute Gasteiger partial charge is 0.255 e. The van der Waals surface area contributed by atoms with Crippen molar-refractivity contribution < 1.29 is 9.59 Å². The van der Waals surface area contributed by atoms with Crippen LogP contribution in [0, 0.1) is 4.77 Å². The van der Waals surface area contributed by atoms with Crippen LogP contribution in [0.2, 0.25) is 10.0 Å². The molecule has 0 bridgehead atoms. The molecule has 9 heteroatoms. The van der Waals surface area contributed by atoms with Crippen molar-refractivity contribution in [2.24, 2.45) is 7.05 Å². The summed E-state index contributed by atoms with van der Waals surface area (Å²) in [4.78, 5) is 23.9. The second-order valence-electron chi connectivity index (χ2n) is 5.76. The van der Waals surface area contributed by atoms with Gasteiger partial charge in [0.2, 0.25) is 10.7 Å². The summed E-state index contributed by atoms with van der Waals surface area (Å²) in [7, 11) is 1.74. The van der Waals surface area contributed by atoms with Crippen LogP contribution in [0.3, 0.4) is 0 Å². The SMILES string of the molecule is CC(=O)n1nc(-c2ccc(NC(=O)c3ccc(Cl)c(Cl)c3)cc2)n(C)c1=S. The van der Waals surface area contributed by atoms with Crippen LogP contribution < -0.4 is 5.32 Å². The van der Waals surface area contributed by atoms with Gasteiger partial charge in [0.25, 0.3) is 5.91 Å². The number of benzene rings is 2. The summed E-state index contributed by atoms with van der Waals surface area (Å²) in [6, 6.07) is 11.7. The molecule has 1 aromatic heterocycles. The number of hydrogen-bond acceptors (Lipinski definition) is 4. The summed E-state index contributed by atoms with van der Waals surface area (Å²) in [5.41, 5.74) is 1.76. The van der Waals surface area contributed by atoms with Gasteiger partial charge in [-0.05, 0) is 54.7 Å². The molecule has 0 unspecified atom stereocenters. The molecule has 1 N–H and O–H groups in total. The maximum Gasteiger partial charge on any atom is 0.255 e. The Morgan fingerprint density at radius 3 is 2.30 bits per heavy atom. The Kier molecular flexibility index (Phi) is 5.46. The lowest BCUT2D eigenvalue weighted by Gasteiger charge is -2.07. The average molecular weight is 421 g/mol. The fourth-order valence-electron chi connectivity index (χ4n) is 2.44. The summed E-state index contributed by atoms with van der Waals surface area (Å²) in [5.74, 6) is -0.00880. The minimum atomic E-state index is -0.305. The predicted molar refractivity (Wildman–Crippen MR) is 108 cm³/mol. The standard InChI is InChI=1S/C18H14Cl2N4O2S/c1-10(25)24-18(27)23(2)16(22-24)11-3-6-13(7-4-11)21-17(26)12-5-8-14(19)15(20)9-12/h3-9H,1-2H3,(H,21,26). The third kappa shape index (κ3) is 3.95. The van der Waals surface area contributed by atoms with Gasteiger partial charge in [-0.3, -0.25) is 9.59 Å². The first-order valence-corrected chi connectivity index (χ1v) is 8.98. The number of hydrogen-bond donors (Lipinski definition) is 1. The second-order valence-corrected chi connectivity index (χ2v) is 6.94. The van der Waals surface area contributed by atoms with E-state index in [2.05, 4.69) is 10.4 Å². The predicted octanol–water partition coefficient (Wildman–Crippen LogP) is 4.84. The highest BCUT2D eigenvalue weighted by atomic mass is 35.5. The number of nitrogens with zero attached hydrogens (tertiary/aromatic N) is 3. The van der Waals surface area contributed by atoms with Gasteiger partial charge in [-0.25, -0.2) is 0 Å². The third-order valence-corrected chi connectivity index (χ3v) is 5.05. The van der Waals surface area contributed by atoms with Crippen molar-refractivity contribution in [2.45, 2.75) is 6.92 Å². The van der Waals surface area contributed by atoms with Crippen LogP contribution in [0.1, 0.15) is 22.1 Å². The summed E-state index contributed by atoms with van der Waals surface area (Å²) in [6.45, 7) is 1.40. The zero-order chi connectivity index (χ0) is 19.7. The van der Waals surface area contributed by atoms with Crippen molar-refractivity contribution in [2.75, 3.05) is 5.32 Å². The third-order valence-electron chi connectivity index (χ3n) is 3.86. The van der Waals surface area contributed by atoms with Crippen molar-refractivity contribution in [3.05, 3.63) is 62.8 Å². The zero-order valence-electron chi connectivity index (χ0n) is 14.4. The fraction of sp³-hybridized carbons (Fsp3) is 0.111. The molecule has 1 heterocycles. The molecule has 27 heavy (non-hydrogen) atoms. The van der Waals surface area contributed by atoms with E-state index in [1.165, 1.54) is 17.7 Å². The highest BCUT2D eigenvalue weighted by Gasteiger charge is 2.13. The van der Waals surface area contributed by atoms with Gasteiger partial charge < -0.3 is 9.88 Å². The number of anilines is 1. The van der Waals surface area contributed by atoms with E-state index in [0.717, 1.165) is 5.56 Å². The molecule has 3 aromatic rings. The van der Waals surface area contributed by atoms with E-state index in [1.807, 2.05) is 0 Å². The Hall–Kier alpha value is -2.48. The van der Waals surface area contributed by atoms with E-state index < -0.39 is 0 Å². The Morgan fingerprint density at radius 2 is 1.74 bits per heavy atom. The molecule has 0 radical (unpaired) electrons. The van der Waals surface area contributed by atoms with Crippen molar-refractivity contribution in [3.63, 3.8) is 0 Å². The van der Waals surface area contributed by atoms with Gasteiger partial charge >= 0.3 is 0 Å². The molecule has 0 aliphatic carbocycles. The van der Waals surface area contributed by atoms with Gasteiger partial charge in [0, 0.05) is 30.8 Å². The van der Waals surface area contributed by atoms with Gasteiger partial charge in [-0.15, -0.1) is 5.10 Å². The van der Waals surface area contributed by atoms with Crippen LogP contribution >= 0.6 is 35.4 Å². The van der Waals surface area contributed by atoms with E-state index in [1.54, 1.807) is 48.0 Å². The lowest BCUT2D eigenvalue weighted by Crippen LogP contribution is -2.11. The maximum absolute atomic E-state index is 12.3. The number of carbonyl (C=O) groups excluding carboxylic acids is 2. The Morgan fingerprint density at radius 1 is 1.07 bits per heavy atom. The van der Waals surface area contributed by atoms with Gasteiger partial charge in [-0.1, -0.05) is 23.2 Å². The van der Waals surface area contributed by atoms with E-state index in [9.17, 15) is 9.59 Å². The van der Waals surface area contributed by atoms with E-state index in [-0.39, 0.29) is 11.8 Å². The van der Waals surface area contributed by atoms with Gasteiger partial charge in [-0.2, -0.15) is 4.68 Å². The van der Waals surface area contributed by atoms with Crippen molar-refractivity contribution in [3.8, 4) is 11.4 Å². The van der Waals surface area contributed by atoms with Crippen molar-refractivity contribution >= 4 is 52.9 Å². The lowest BCUT2D eigenvalue weighted by molar-refractivity contribution is 0.0918. The van der Waals surface area contributed by atoms with E-state index in [0.29, 0.717) is 31.9 Å². The van der Waals surface area contributed by atoms with Crippen molar-refractivity contribution in [1.29, 1.82) is 0 Å². The average Bonchev–Trinajstić information content (AvgIpc) is 2.93. The topological polar surface area (TPSA) is 68.9 Å². The molecule has 2 aromatic carbocycles. The van der Waals surface area contributed by atoms with Crippen LogP contribution in [0.4, 0.5) is 5.69 Å².